The molecule has 0 aliphatic heterocycles. The molecule has 0 atom stereocenters. The number of carbonyl (C=O) groups excluding carboxylic acids is 1. The van der Waals surface area contributed by atoms with E-state index in [0.29, 0.717) is 17.3 Å². The third-order valence-corrected chi connectivity index (χ3v) is 2.77. The molecule has 1 saturated carbocycles. The summed E-state index contributed by atoms with van der Waals surface area (Å²) in [5, 5.41) is 2.97. The van der Waals surface area contributed by atoms with E-state index in [4.69, 9.17) is 5.84 Å². The van der Waals surface area contributed by atoms with Crippen LogP contribution in [0.25, 0.3) is 0 Å². The molecule has 1 fully saturated rings. The number of hydrogen-bond acceptors (Lipinski definition) is 3. The Kier molecular flexibility index (Phi) is 2.87. The molecule has 0 saturated heterocycles. The molecule has 1 amide bonds. The fraction of sp³-hybridized carbons (Fsp3) is 0.364. The van der Waals surface area contributed by atoms with E-state index in [1.165, 1.54) is 6.42 Å². The summed E-state index contributed by atoms with van der Waals surface area (Å²) in [6.45, 7) is 0. The molecule has 2 rings (SSSR count). The number of para-hydroxylation sites is 1. The smallest absolute Gasteiger partial charge is 0.253 e. The zero-order valence-corrected chi connectivity index (χ0v) is 8.49. The van der Waals surface area contributed by atoms with Gasteiger partial charge in [0.2, 0.25) is 0 Å². The van der Waals surface area contributed by atoms with Gasteiger partial charge in [-0.1, -0.05) is 12.1 Å². The molecule has 15 heavy (non-hydrogen) atoms. The minimum absolute atomic E-state index is 0.0479. The largest absolute Gasteiger partial charge is 0.349 e. The lowest BCUT2D eigenvalue weighted by Crippen LogP contribution is -2.39. The number of hydrogen-bond donors (Lipinski definition) is 3. The van der Waals surface area contributed by atoms with E-state index in [-0.39, 0.29) is 5.91 Å². The molecule has 1 aromatic carbocycles. The van der Waals surface area contributed by atoms with Crippen LogP contribution in [0.5, 0.6) is 0 Å². The van der Waals surface area contributed by atoms with Crippen LogP contribution in [0, 0.1) is 0 Å². The van der Waals surface area contributed by atoms with Gasteiger partial charge in [0.05, 0.1) is 11.3 Å². The number of hydrazine groups is 1. The van der Waals surface area contributed by atoms with Crippen LogP contribution < -0.4 is 16.6 Å². The fourth-order valence-corrected chi connectivity index (χ4v) is 1.62. The first kappa shape index (κ1) is 9.98. The summed E-state index contributed by atoms with van der Waals surface area (Å²) in [5.74, 6) is 5.29. The van der Waals surface area contributed by atoms with Crippen LogP contribution in [0.15, 0.2) is 24.3 Å². The summed E-state index contributed by atoms with van der Waals surface area (Å²) in [5.41, 5.74) is 3.79. The molecule has 4 nitrogen and oxygen atoms in total. The maximum absolute atomic E-state index is 11.8. The van der Waals surface area contributed by atoms with Gasteiger partial charge in [0.1, 0.15) is 0 Å². The fourth-order valence-electron chi connectivity index (χ4n) is 1.62. The van der Waals surface area contributed by atoms with Crippen molar-refractivity contribution in [1.29, 1.82) is 0 Å². The van der Waals surface area contributed by atoms with E-state index < -0.39 is 0 Å². The first-order valence-electron chi connectivity index (χ1n) is 5.18. The quantitative estimate of drug-likeness (QED) is 0.514. The standard InChI is InChI=1S/C11H15N3O/c12-14-10-7-2-1-6-9(10)11(15)13-8-4-3-5-8/h1-2,6-8,14H,3-5,12H2,(H,13,15). The Morgan fingerprint density at radius 1 is 1.33 bits per heavy atom. The van der Waals surface area contributed by atoms with E-state index in [1.807, 2.05) is 12.1 Å². The molecule has 0 unspecified atom stereocenters. The molecule has 0 spiro atoms. The van der Waals surface area contributed by atoms with Crippen molar-refractivity contribution in [1.82, 2.24) is 5.32 Å². The van der Waals surface area contributed by atoms with Gasteiger partial charge in [-0.25, -0.2) is 0 Å². The molecule has 4 heteroatoms. The third kappa shape index (κ3) is 2.10. The maximum atomic E-state index is 11.8. The average Bonchev–Trinajstić information content (AvgIpc) is 2.23. The van der Waals surface area contributed by atoms with Gasteiger partial charge >= 0.3 is 0 Å². The zero-order valence-electron chi connectivity index (χ0n) is 8.49. The van der Waals surface area contributed by atoms with E-state index >= 15 is 0 Å². The lowest BCUT2D eigenvalue weighted by molar-refractivity contribution is 0.0918. The second kappa shape index (κ2) is 4.31. The van der Waals surface area contributed by atoms with Crippen LogP contribution in [0.2, 0.25) is 0 Å². The highest BCUT2D eigenvalue weighted by atomic mass is 16.1. The highest BCUT2D eigenvalue weighted by Crippen LogP contribution is 2.20. The predicted molar refractivity (Wildman–Crippen MR) is 59.4 cm³/mol. The second-order valence-electron chi connectivity index (χ2n) is 3.79. The maximum Gasteiger partial charge on any atom is 0.253 e. The number of nitrogens with two attached hydrogens (primary N) is 1. The van der Waals surface area contributed by atoms with Gasteiger partial charge in [-0.3, -0.25) is 10.6 Å². The number of nitrogens with one attached hydrogen (secondary N) is 2. The third-order valence-electron chi connectivity index (χ3n) is 2.77. The molecule has 1 aliphatic carbocycles. The number of amides is 1. The van der Waals surface area contributed by atoms with Gasteiger partial charge in [0, 0.05) is 6.04 Å². The van der Waals surface area contributed by atoms with Gasteiger partial charge in [-0.05, 0) is 31.4 Å². The summed E-state index contributed by atoms with van der Waals surface area (Å²) in [6.07, 6.45) is 3.38. The Bertz CT molecular complexity index is 361. The zero-order chi connectivity index (χ0) is 10.7. The van der Waals surface area contributed by atoms with Crippen molar-refractivity contribution in [3.05, 3.63) is 29.8 Å². The molecule has 0 bridgehead atoms. The molecule has 0 heterocycles. The van der Waals surface area contributed by atoms with Gasteiger partial charge in [0.25, 0.3) is 5.91 Å². The molecule has 4 N–H and O–H groups in total. The van der Waals surface area contributed by atoms with Crippen molar-refractivity contribution < 1.29 is 4.79 Å². The predicted octanol–water partition coefficient (Wildman–Crippen LogP) is 1.25. The highest BCUT2D eigenvalue weighted by Gasteiger charge is 2.20. The van der Waals surface area contributed by atoms with Gasteiger partial charge in [-0.2, -0.15) is 0 Å². The number of anilines is 1. The summed E-state index contributed by atoms with van der Waals surface area (Å²) < 4.78 is 0. The first-order valence-corrected chi connectivity index (χ1v) is 5.18. The molecule has 1 aromatic rings. The van der Waals surface area contributed by atoms with Crippen molar-refractivity contribution in [3.8, 4) is 0 Å². The van der Waals surface area contributed by atoms with E-state index in [9.17, 15) is 4.79 Å². The number of benzene rings is 1. The molecule has 0 aromatic heterocycles. The van der Waals surface area contributed by atoms with Gasteiger partial charge in [0.15, 0.2) is 0 Å². The minimum Gasteiger partial charge on any atom is -0.349 e. The normalized spacial score (nSPS) is 15.5. The molecule has 0 radical (unpaired) electrons. The number of nitrogen functional groups attached to an aromatic ring is 1. The number of rotatable bonds is 3. The van der Waals surface area contributed by atoms with Crippen LogP contribution in [-0.2, 0) is 0 Å². The van der Waals surface area contributed by atoms with Crippen LogP contribution in [-0.4, -0.2) is 11.9 Å². The van der Waals surface area contributed by atoms with Gasteiger partial charge < -0.3 is 10.7 Å². The van der Waals surface area contributed by atoms with Crippen molar-refractivity contribution in [2.45, 2.75) is 25.3 Å². The second-order valence-corrected chi connectivity index (χ2v) is 3.79. The Morgan fingerprint density at radius 3 is 2.67 bits per heavy atom. The lowest BCUT2D eigenvalue weighted by atomic mass is 9.93. The monoisotopic (exact) mass is 205 g/mol. The topological polar surface area (TPSA) is 67.1 Å². The number of carbonyl (C=O) groups is 1. The lowest BCUT2D eigenvalue weighted by Gasteiger charge is -2.26. The van der Waals surface area contributed by atoms with E-state index in [1.54, 1.807) is 12.1 Å². The van der Waals surface area contributed by atoms with Crippen LogP contribution in [0.3, 0.4) is 0 Å². The summed E-state index contributed by atoms with van der Waals surface area (Å²) in [7, 11) is 0. The van der Waals surface area contributed by atoms with E-state index in [0.717, 1.165) is 12.8 Å². The van der Waals surface area contributed by atoms with Crippen LogP contribution in [0.4, 0.5) is 5.69 Å². The summed E-state index contributed by atoms with van der Waals surface area (Å²) in [6, 6.07) is 7.58. The minimum atomic E-state index is -0.0479. The van der Waals surface area contributed by atoms with Crippen molar-refractivity contribution in [3.63, 3.8) is 0 Å². The Balaban J connectivity index is 2.09. The van der Waals surface area contributed by atoms with Crippen molar-refractivity contribution >= 4 is 11.6 Å². The average molecular weight is 205 g/mol. The van der Waals surface area contributed by atoms with E-state index in [2.05, 4.69) is 10.7 Å². The Labute approximate surface area is 88.8 Å². The first-order chi connectivity index (χ1) is 7.31. The molecular formula is C11H15N3O. The van der Waals surface area contributed by atoms with Crippen molar-refractivity contribution in [2.24, 2.45) is 5.84 Å². The highest BCUT2D eigenvalue weighted by molar-refractivity contribution is 5.99. The molecular weight excluding hydrogens is 190 g/mol. The molecule has 1 aliphatic rings. The SMILES string of the molecule is NNc1ccccc1C(=O)NC1CCC1. The van der Waals surface area contributed by atoms with Crippen LogP contribution in [0.1, 0.15) is 29.6 Å². The Morgan fingerprint density at radius 2 is 2.07 bits per heavy atom. The van der Waals surface area contributed by atoms with Crippen molar-refractivity contribution in [2.75, 3.05) is 5.43 Å². The summed E-state index contributed by atoms with van der Waals surface area (Å²) >= 11 is 0. The van der Waals surface area contributed by atoms with Gasteiger partial charge in [-0.15, -0.1) is 0 Å². The molecule has 80 valence electrons. The van der Waals surface area contributed by atoms with Crippen LogP contribution >= 0.6 is 0 Å². The Hall–Kier alpha value is -1.55. The summed E-state index contributed by atoms with van der Waals surface area (Å²) in [4.78, 5) is 11.8.